The van der Waals surface area contributed by atoms with E-state index in [0.717, 1.165) is 17.0 Å². The molecule has 6 nitrogen and oxygen atoms in total. The third-order valence-corrected chi connectivity index (χ3v) is 5.47. The molecule has 3 aromatic rings. The highest BCUT2D eigenvalue weighted by Crippen LogP contribution is 2.29. The second-order valence-electron chi connectivity index (χ2n) is 6.83. The predicted octanol–water partition coefficient (Wildman–Crippen LogP) is 5.69. The van der Waals surface area contributed by atoms with E-state index >= 15 is 0 Å². The van der Waals surface area contributed by atoms with E-state index in [1.165, 1.54) is 23.2 Å². The number of aryl methyl sites for hydroxylation is 1. The molecule has 0 spiro atoms. The molecule has 0 saturated heterocycles. The van der Waals surface area contributed by atoms with Gasteiger partial charge in [-0.3, -0.25) is 14.5 Å². The number of rotatable bonds is 9. The summed E-state index contributed by atoms with van der Waals surface area (Å²) in [6, 6.07) is 14.7. The summed E-state index contributed by atoms with van der Waals surface area (Å²) >= 11 is 7.26. The van der Waals surface area contributed by atoms with Crippen LogP contribution < -0.4 is 9.64 Å². The Morgan fingerprint density at radius 2 is 1.94 bits per heavy atom. The van der Waals surface area contributed by atoms with Gasteiger partial charge in [-0.2, -0.15) is 0 Å². The van der Waals surface area contributed by atoms with Crippen molar-refractivity contribution in [3.8, 4) is 5.75 Å². The van der Waals surface area contributed by atoms with E-state index in [1.54, 1.807) is 11.4 Å². The van der Waals surface area contributed by atoms with Gasteiger partial charge in [-0.15, -0.1) is 11.3 Å². The van der Waals surface area contributed by atoms with Gasteiger partial charge in [0, 0.05) is 23.7 Å². The normalized spacial score (nSPS) is 10.5. The second kappa shape index (κ2) is 10.9. The number of anilines is 2. The number of halogens is 1. The number of nitrogens with zero attached hydrogens (tertiary/aromatic N) is 2. The van der Waals surface area contributed by atoms with Crippen LogP contribution in [0.25, 0.3) is 0 Å². The number of hydrogen-bond acceptors (Lipinski definition) is 6. The largest absolute Gasteiger partial charge is 0.493 e. The quantitative estimate of drug-likeness (QED) is 0.304. The highest BCUT2D eigenvalue weighted by Gasteiger charge is 2.18. The van der Waals surface area contributed by atoms with Crippen LogP contribution in [0.1, 0.15) is 31.0 Å². The molecule has 0 N–H and O–H groups in total. The Bertz CT molecular complexity index is 1040. The van der Waals surface area contributed by atoms with E-state index in [4.69, 9.17) is 21.1 Å². The Hall–Kier alpha value is -2.90. The zero-order valence-corrected chi connectivity index (χ0v) is 18.9. The van der Waals surface area contributed by atoms with Crippen LogP contribution in [0.2, 0.25) is 5.02 Å². The number of thiazole rings is 1. The smallest absolute Gasteiger partial charge is 0.306 e. The van der Waals surface area contributed by atoms with Gasteiger partial charge in [0.1, 0.15) is 12.4 Å². The van der Waals surface area contributed by atoms with Crippen molar-refractivity contribution in [3.63, 3.8) is 0 Å². The first-order valence-electron chi connectivity index (χ1n) is 9.79. The molecule has 0 radical (unpaired) electrons. The maximum Gasteiger partial charge on any atom is 0.306 e. The fraction of sp³-hybridized carbons (Fsp3) is 0.261. The van der Waals surface area contributed by atoms with Crippen molar-refractivity contribution in [3.05, 3.63) is 70.2 Å². The third kappa shape index (κ3) is 6.54. The summed E-state index contributed by atoms with van der Waals surface area (Å²) in [6.07, 6.45) is 0.780. The van der Waals surface area contributed by atoms with Crippen LogP contribution in [0, 0.1) is 6.92 Å². The predicted molar refractivity (Wildman–Crippen MR) is 122 cm³/mol. The molecule has 0 unspecified atom stereocenters. The van der Waals surface area contributed by atoms with Crippen LogP contribution in [0.5, 0.6) is 5.75 Å². The van der Waals surface area contributed by atoms with E-state index in [9.17, 15) is 9.59 Å². The van der Waals surface area contributed by atoms with E-state index in [1.807, 2.05) is 49.4 Å². The zero-order valence-electron chi connectivity index (χ0n) is 17.3. The third-order valence-electron chi connectivity index (χ3n) is 4.36. The van der Waals surface area contributed by atoms with Crippen molar-refractivity contribution in [2.45, 2.75) is 33.3 Å². The monoisotopic (exact) mass is 458 g/mol. The highest BCUT2D eigenvalue weighted by atomic mass is 35.5. The molecule has 0 aliphatic carbocycles. The van der Waals surface area contributed by atoms with Gasteiger partial charge >= 0.3 is 5.97 Å². The van der Waals surface area contributed by atoms with Crippen molar-refractivity contribution < 1.29 is 19.1 Å². The molecule has 1 amide bonds. The number of amides is 1. The summed E-state index contributed by atoms with van der Waals surface area (Å²) in [7, 11) is 0. The molecule has 162 valence electrons. The fourth-order valence-electron chi connectivity index (χ4n) is 2.87. The molecular weight excluding hydrogens is 436 g/mol. The maximum atomic E-state index is 12.1. The molecule has 1 aromatic heterocycles. The van der Waals surface area contributed by atoms with Crippen LogP contribution in [-0.2, 0) is 20.9 Å². The van der Waals surface area contributed by atoms with Crippen LogP contribution in [0.15, 0.2) is 53.9 Å². The minimum atomic E-state index is -0.322. The van der Waals surface area contributed by atoms with Gasteiger partial charge < -0.3 is 9.47 Å². The standard InChI is InChI=1S/C23H23ClN2O4S/c1-16-13-18(24)10-11-21(16)29-12-6-9-22(28)30-14-19-15-31-23(25-19)26(17(2)27)20-7-4-3-5-8-20/h3-5,7-8,10-11,13,15H,6,9,12,14H2,1-2H3. The molecule has 31 heavy (non-hydrogen) atoms. The van der Waals surface area contributed by atoms with Gasteiger partial charge in [-0.1, -0.05) is 29.8 Å². The van der Waals surface area contributed by atoms with Crippen LogP contribution in [-0.4, -0.2) is 23.5 Å². The lowest BCUT2D eigenvalue weighted by molar-refractivity contribution is -0.145. The van der Waals surface area contributed by atoms with Crippen molar-refractivity contribution in [1.82, 2.24) is 4.98 Å². The lowest BCUT2D eigenvalue weighted by Crippen LogP contribution is -2.22. The Morgan fingerprint density at radius 1 is 1.16 bits per heavy atom. The van der Waals surface area contributed by atoms with Crippen LogP contribution >= 0.6 is 22.9 Å². The lowest BCUT2D eigenvalue weighted by Gasteiger charge is -2.17. The molecule has 3 rings (SSSR count). The molecule has 0 fully saturated rings. The average Bonchev–Trinajstić information content (AvgIpc) is 3.20. The average molecular weight is 459 g/mol. The number of ether oxygens (including phenoxy) is 2. The van der Waals surface area contributed by atoms with E-state index in [0.29, 0.717) is 28.9 Å². The molecular formula is C23H23ClN2O4S. The topological polar surface area (TPSA) is 68.7 Å². The number of hydrogen-bond donors (Lipinski definition) is 0. The van der Waals surface area contributed by atoms with Crippen molar-refractivity contribution >= 4 is 45.6 Å². The molecule has 0 bridgehead atoms. The maximum absolute atomic E-state index is 12.1. The van der Waals surface area contributed by atoms with E-state index in [-0.39, 0.29) is 24.9 Å². The SMILES string of the molecule is CC(=O)N(c1ccccc1)c1nc(COC(=O)CCCOc2ccc(Cl)cc2C)cs1. The first-order chi connectivity index (χ1) is 14.9. The zero-order chi connectivity index (χ0) is 22.2. The number of para-hydroxylation sites is 1. The number of carbonyl (C=O) groups is 2. The van der Waals surface area contributed by atoms with Crippen molar-refractivity contribution in [1.29, 1.82) is 0 Å². The summed E-state index contributed by atoms with van der Waals surface area (Å²) in [5.41, 5.74) is 2.29. The summed E-state index contributed by atoms with van der Waals surface area (Å²) in [5.74, 6) is 0.290. The molecule has 0 saturated carbocycles. The van der Waals surface area contributed by atoms with Gasteiger partial charge in [-0.25, -0.2) is 4.98 Å². The van der Waals surface area contributed by atoms with Gasteiger partial charge in [-0.05, 0) is 49.2 Å². The Labute approximate surface area is 190 Å². The molecule has 0 aliphatic heterocycles. The number of carbonyl (C=O) groups excluding carboxylic acids is 2. The highest BCUT2D eigenvalue weighted by molar-refractivity contribution is 7.14. The van der Waals surface area contributed by atoms with Crippen molar-refractivity contribution in [2.75, 3.05) is 11.5 Å². The second-order valence-corrected chi connectivity index (χ2v) is 8.11. The van der Waals surface area contributed by atoms with Gasteiger partial charge in [0.05, 0.1) is 18.0 Å². The minimum Gasteiger partial charge on any atom is -0.493 e. The van der Waals surface area contributed by atoms with Gasteiger partial charge in [0.15, 0.2) is 5.13 Å². The summed E-state index contributed by atoms with van der Waals surface area (Å²) in [4.78, 5) is 30.1. The summed E-state index contributed by atoms with van der Waals surface area (Å²) < 4.78 is 11.0. The molecule has 2 aromatic carbocycles. The molecule has 0 atom stereocenters. The van der Waals surface area contributed by atoms with Crippen molar-refractivity contribution in [2.24, 2.45) is 0 Å². The first-order valence-corrected chi connectivity index (χ1v) is 11.0. The van der Waals surface area contributed by atoms with E-state index in [2.05, 4.69) is 4.98 Å². The lowest BCUT2D eigenvalue weighted by atomic mass is 10.2. The van der Waals surface area contributed by atoms with Crippen LogP contribution in [0.4, 0.5) is 10.8 Å². The Balaban J connectivity index is 1.45. The Morgan fingerprint density at radius 3 is 2.65 bits per heavy atom. The summed E-state index contributed by atoms with van der Waals surface area (Å²) in [6.45, 7) is 3.88. The van der Waals surface area contributed by atoms with Gasteiger partial charge in [0.25, 0.3) is 0 Å². The van der Waals surface area contributed by atoms with Crippen LogP contribution in [0.3, 0.4) is 0 Å². The van der Waals surface area contributed by atoms with E-state index < -0.39 is 0 Å². The number of esters is 1. The molecule has 1 heterocycles. The number of benzene rings is 2. The fourth-order valence-corrected chi connectivity index (χ4v) is 3.97. The molecule has 8 heteroatoms. The minimum absolute atomic E-state index is 0.0625. The van der Waals surface area contributed by atoms with Gasteiger partial charge in [0.2, 0.25) is 5.91 Å². The molecule has 0 aliphatic rings. The number of aromatic nitrogens is 1. The Kier molecular flexibility index (Phi) is 8.03. The summed E-state index contributed by atoms with van der Waals surface area (Å²) in [5, 5.41) is 2.98. The first kappa shape index (κ1) is 22.8.